The van der Waals surface area contributed by atoms with Crippen molar-refractivity contribution < 1.29 is 9.13 Å². The molecule has 0 bridgehead atoms. The van der Waals surface area contributed by atoms with Crippen LogP contribution in [0.25, 0.3) is 0 Å². The Bertz CT molecular complexity index is 421. The quantitative estimate of drug-likeness (QED) is 0.852. The predicted molar refractivity (Wildman–Crippen MR) is 82.8 cm³/mol. The molecule has 1 saturated heterocycles. The summed E-state index contributed by atoms with van der Waals surface area (Å²) in [5.74, 6) is -0.151. The molecule has 4 heteroatoms. The number of ether oxygens (including phenoxy) is 1. The third-order valence-corrected chi connectivity index (χ3v) is 5.03. The van der Waals surface area contributed by atoms with Crippen LogP contribution in [0.3, 0.4) is 0 Å². The Morgan fingerprint density at radius 2 is 2.15 bits per heavy atom. The van der Waals surface area contributed by atoms with Crippen molar-refractivity contribution in [2.45, 2.75) is 49.3 Å². The van der Waals surface area contributed by atoms with Gasteiger partial charge in [-0.15, -0.1) is 11.8 Å². The molecule has 1 aromatic carbocycles. The van der Waals surface area contributed by atoms with E-state index in [2.05, 4.69) is 19.2 Å². The van der Waals surface area contributed by atoms with Crippen molar-refractivity contribution in [2.75, 3.05) is 19.8 Å². The molecule has 1 N–H and O–H groups in total. The van der Waals surface area contributed by atoms with Gasteiger partial charge < -0.3 is 10.1 Å². The van der Waals surface area contributed by atoms with Gasteiger partial charge in [-0.25, -0.2) is 4.39 Å². The lowest BCUT2D eigenvalue weighted by Crippen LogP contribution is -2.21. The normalized spacial score (nSPS) is 18.1. The van der Waals surface area contributed by atoms with Gasteiger partial charge in [-0.05, 0) is 56.5 Å². The fourth-order valence-electron chi connectivity index (χ4n) is 2.41. The molecule has 20 heavy (non-hydrogen) atoms. The van der Waals surface area contributed by atoms with E-state index < -0.39 is 0 Å². The minimum absolute atomic E-state index is 0.151. The van der Waals surface area contributed by atoms with E-state index in [1.165, 1.54) is 4.90 Å². The summed E-state index contributed by atoms with van der Waals surface area (Å²) >= 11 is 1.87. The highest BCUT2D eigenvalue weighted by Gasteiger charge is 2.18. The molecule has 2 rings (SSSR count). The predicted octanol–water partition coefficient (Wildman–Crippen LogP) is 4.16. The lowest BCUT2D eigenvalue weighted by Gasteiger charge is -2.24. The van der Waals surface area contributed by atoms with Gasteiger partial charge in [0.15, 0.2) is 0 Å². The number of thioether (sulfide) groups is 1. The summed E-state index contributed by atoms with van der Waals surface area (Å²) in [4.78, 5) is 1.20. The Balaban J connectivity index is 2.09. The lowest BCUT2D eigenvalue weighted by molar-refractivity contribution is 0.1000. The number of rotatable bonds is 6. The zero-order chi connectivity index (χ0) is 14.4. The van der Waals surface area contributed by atoms with E-state index in [4.69, 9.17) is 4.74 Å². The van der Waals surface area contributed by atoms with Crippen LogP contribution in [0.1, 0.15) is 44.7 Å². The van der Waals surface area contributed by atoms with Gasteiger partial charge in [0.1, 0.15) is 5.82 Å². The maximum atomic E-state index is 13.6. The summed E-state index contributed by atoms with van der Waals surface area (Å²) in [6.45, 7) is 6.90. The molecule has 1 fully saturated rings. The number of benzene rings is 1. The van der Waals surface area contributed by atoms with E-state index in [0.29, 0.717) is 5.25 Å². The first-order valence-corrected chi connectivity index (χ1v) is 8.36. The molecule has 1 unspecified atom stereocenters. The van der Waals surface area contributed by atoms with Crippen LogP contribution in [0.4, 0.5) is 4.39 Å². The minimum Gasteiger partial charge on any atom is -0.381 e. The maximum Gasteiger partial charge on any atom is 0.123 e. The Morgan fingerprint density at radius 3 is 2.85 bits per heavy atom. The first-order chi connectivity index (χ1) is 9.70. The van der Waals surface area contributed by atoms with Crippen LogP contribution >= 0.6 is 11.8 Å². The van der Waals surface area contributed by atoms with Crippen molar-refractivity contribution in [1.82, 2.24) is 5.32 Å². The molecule has 0 radical (unpaired) electrons. The Morgan fingerprint density at radius 1 is 1.40 bits per heavy atom. The lowest BCUT2D eigenvalue weighted by atomic mass is 10.1. The van der Waals surface area contributed by atoms with Gasteiger partial charge in [0.25, 0.3) is 0 Å². The third-order valence-electron chi connectivity index (χ3n) is 3.60. The minimum atomic E-state index is -0.151. The number of hydrogen-bond acceptors (Lipinski definition) is 3. The fraction of sp³-hybridized carbons (Fsp3) is 0.625. The first-order valence-electron chi connectivity index (χ1n) is 7.48. The van der Waals surface area contributed by atoms with Crippen LogP contribution in [-0.4, -0.2) is 25.0 Å². The van der Waals surface area contributed by atoms with Crippen LogP contribution in [0.5, 0.6) is 0 Å². The smallest absolute Gasteiger partial charge is 0.123 e. The average Bonchev–Trinajstić information content (AvgIpc) is 2.47. The van der Waals surface area contributed by atoms with E-state index in [0.717, 1.165) is 44.6 Å². The molecule has 0 saturated carbocycles. The monoisotopic (exact) mass is 297 g/mol. The Kier molecular flexibility index (Phi) is 6.33. The largest absolute Gasteiger partial charge is 0.381 e. The molecular formula is C16H24FNOS. The molecule has 2 nitrogen and oxygen atoms in total. The van der Waals surface area contributed by atoms with Crippen LogP contribution in [0, 0.1) is 5.82 Å². The highest BCUT2D eigenvalue weighted by Crippen LogP contribution is 2.34. The Labute approximate surface area is 125 Å². The molecule has 0 aliphatic carbocycles. The van der Waals surface area contributed by atoms with E-state index in [1.807, 2.05) is 17.8 Å². The fourth-order valence-corrected chi connectivity index (χ4v) is 3.71. The second-order valence-electron chi connectivity index (χ2n) is 5.29. The molecule has 0 amide bonds. The van der Waals surface area contributed by atoms with E-state index in [9.17, 15) is 4.39 Å². The van der Waals surface area contributed by atoms with E-state index in [1.54, 1.807) is 12.1 Å². The molecule has 1 atom stereocenters. The average molecular weight is 297 g/mol. The van der Waals surface area contributed by atoms with Gasteiger partial charge in [0, 0.05) is 29.4 Å². The first kappa shape index (κ1) is 15.8. The molecule has 1 aromatic rings. The summed E-state index contributed by atoms with van der Waals surface area (Å²) in [6, 6.07) is 5.36. The zero-order valence-corrected chi connectivity index (χ0v) is 13.1. The van der Waals surface area contributed by atoms with Crippen LogP contribution < -0.4 is 5.32 Å². The molecule has 0 aromatic heterocycles. The molecule has 1 aliphatic heterocycles. The highest BCUT2D eigenvalue weighted by molar-refractivity contribution is 8.00. The summed E-state index contributed by atoms with van der Waals surface area (Å²) < 4.78 is 19.0. The van der Waals surface area contributed by atoms with Crippen molar-refractivity contribution in [1.29, 1.82) is 0 Å². The van der Waals surface area contributed by atoms with Crippen molar-refractivity contribution in [3.05, 3.63) is 29.6 Å². The van der Waals surface area contributed by atoms with Crippen LogP contribution in [0.15, 0.2) is 23.1 Å². The summed E-state index contributed by atoms with van der Waals surface area (Å²) in [5, 5.41) is 4.04. The second-order valence-corrected chi connectivity index (χ2v) is 6.63. The Hall–Kier alpha value is -0.580. The van der Waals surface area contributed by atoms with E-state index >= 15 is 0 Å². The molecular weight excluding hydrogens is 273 g/mol. The standard InChI is InChI=1S/C16H24FNOS/c1-3-8-18-12(2)15-11-13(17)4-5-16(15)20-14-6-9-19-10-7-14/h4-5,11-12,14,18H,3,6-10H2,1-2H3. The van der Waals surface area contributed by atoms with Gasteiger partial charge in [-0.2, -0.15) is 0 Å². The highest BCUT2D eigenvalue weighted by atomic mass is 32.2. The van der Waals surface area contributed by atoms with Gasteiger partial charge in [-0.3, -0.25) is 0 Å². The topological polar surface area (TPSA) is 21.3 Å². The van der Waals surface area contributed by atoms with E-state index in [-0.39, 0.29) is 11.9 Å². The summed E-state index contributed by atoms with van der Waals surface area (Å²) in [7, 11) is 0. The SMILES string of the molecule is CCCNC(C)c1cc(F)ccc1SC1CCOCC1. The van der Waals surface area contributed by atoms with Gasteiger partial charge in [0.05, 0.1) is 0 Å². The zero-order valence-electron chi connectivity index (χ0n) is 12.3. The van der Waals surface area contributed by atoms with Crippen LogP contribution in [0.2, 0.25) is 0 Å². The number of halogens is 1. The third kappa shape index (κ3) is 4.47. The molecule has 112 valence electrons. The van der Waals surface area contributed by atoms with Gasteiger partial charge in [0.2, 0.25) is 0 Å². The van der Waals surface area contributed by atoms with Gasteiger partial charge >= 0.3 is 0 Å². The van der Waals surface area contributed by atoms with Crippen molar-refractivity contribution in [3.63, 3.8) is 0 Å². The second kappa shape index (κ2) is 8.01. The summed E-state index contributed by atoms with van der Waals surface area (Å²) in [6.07, 6.45) is 3.25. The van der Waals surface area contributed by atoms with Crippen molar-refractivity contribution in [2.24, 2.45) is 0 Å². The molecule has 1 aliphatic rings. The van der Waals surface area contributed by atoms with Crippen LogP contribution in [-0.2, 0) is 4.74 Å². The van der Waals surface area contributed by atoms with Crippen molar-refractivity contribution >= 4 is 11.8 Å². The number of hydrogen-bond donors (Lipinski definition) is 1. The summed E-state index contributed by atoms with van der Waals surface area (Å²) in [5.41, 5.74) is 1.08. The van der Waals surface area contributed by atoms with Crippen molar-refractivity contribution in [3.8, 4) is 0 Å². The van der Waals surface area contributed by atoms with Gasteiger partial charge in [-0.1, -0.05) is 6.92 Å². The molecule has 1 heterocycles. The molecule has 0 spiro atoms. The maximum absolute atomic E-state index is 13.6. The number of nitrogens with one attached hydrogen (secondary N) is 1.